The van der Waals surface area contributed by atoms with Crippen molar-refractivity contribution in [2.24, 2.45) is 0 Å². The highest BCUT2D eigenvalue weighted by molar-refractivity contribution is 5.94. The summed E-state index contributed by atoms with van der Waals surface area (Å²) in [5.41, 5.74) is -3.67. The maximum absolute atomic E-state index is 12.8. The van der Waals surface area contributed by atoms with Crippen LogP contribution in [0.1, 0.15) is 22.8 Å². The van der Waals surface area contributed by atoms with Crippen LogP contribution in [0.4, 0.5) is 26.3 Å². The molecule has 21 heavy (non-hydrogen) atoms. The van der Waals surface area contributed by atoms with E-state index in [-0.39, 0.29) is 6.20 Å². The largest absolute Gasteiger partial charge is 0.574 e. The van der Waals surface area contributed by atoms with Gasteiger partial charge in [-0.05, 0) is 6.92 Å². The second-order valence-electron chi connectivity index (χ2n) is 3.46. The summed E-state index contributed by atoms with van der Waals surface area (Å²) in [4.78, 5) is 14.3. The zero-order valence-corrected chi connectivity index (χ0v) is 10.2. The summed E-state index contributed by atoms with van der Waals surface area (Å²) in [5, 5.41) is 9.14. The van der Waals surface area contributed by atoms with Crippen LogP contribution >= 0.6 is 0 Å². The van der Waals surface area contributed by atoms with Crippen LogP contribution in [0, 0.1) is 0 Å². The Morgan fingerprint density at radius 1 is 1.29 bits per heavy atom. The molecule has 0 atom stereocenters. The predicted molar refractivity (Wildman–Crippen MR) is 53.5 cm³/mol. The Labute approximate surface area is 113 Å². The van der Waals surface area contributed by atoms with Crippen LogP contribution in [0.2, 0.25) is 0 Å². The molecule has 0 saturated carbocycles. The fourth-order valence-electron chi connectivity index (χ4n) is 1.35. The molecule has 0 fully saturated rings. The Hall–Kier alpha value is -2.20. The second-order valence-corrected chi connectivity index (χ2v) is 3.46. The first-order valence-corrected chi connectivity index (χ1v) is 5.19. The highest BCUT2D eigenvalue weighted by Gasteiger charge is 2.44. The van der Waals surface area contributed by atoms with Crippen molar-refractivity contribution in [1.82, 2.24) is 4.98 Å². The molecule has 0 unspecified atom stereocenters. The maximum Gasteiger partial charge on any atom is 0.574 e. The van der Waals surface area contributed by atoms with Gasteiger partial charge in [-0.15, -0.1) is 13.2 Å². The van der Waals surface area contributed by atoms with E-state index in [9.17, 15) is 31.1 Å². The van der Waals surface area contributed by atoms with Gasteiger partial charge in [0.2, 0.25) is 5.88 Å². The number of aromatic hydroxyl groups is 1. The molecule has 5 nitrogen and oxygen atoms in total. The zero-order valence-electron chi connectivity index (χ0n) is 10.2. The first-order chi connectivity index (χ1) is 9.47. The average molecular weight is 319 g/mol. The van der Waals surface area contributed by atoms with Crippen LogP contribution in [0.15, 0.2) is 6.20 Å². The molecule has 1 aromatic heterocycles. The lowest BCUT2D eigenvalue weighted by atomic mass is 10.1. The normalized spacial score (nSPS) is 12.1. The number of esters is 1. The van der Waals surface area contributed by atoms with E-state index in [1.807, 2.05) is 0 Å². The smallest absolute Gasteiger partial charge is 0.506 e. The number of pyridine rings is 1. The molecule has 11 heteroatoms. The standard InChI is InChI=1S/C10H7F6NO4/c1-2-20-8(19)5-6(9(11,12)13)4(18)3-17-7(5)21-10(14,15)16/h3,18H,2H2,1H3. The third-order valence-electron chi connectivity index (χ3n) is 2.00. The topological polar surface area (TPSA) is 68.7 Å². The number of halogens is 6. The molecule has 118 valence electrons. The van der Waals surface area contributed by atoms with Crippen LogP contribution in [0.25, 0.3) is 0 Å². The van der Waals surface area contributed by atoms with E-state index in [0.717, 1.165) is 0 Å². The fourth-order valence-corrected chi connectivity index (χ4v) is 1.35. The van der Waals surface area contributed by atoms with E-state index >= 15 is 0 Å². The lowest BCUT2D eigenvalue weighted by Gasteiger charge is -2.17. The fraction of sp³-hybridized carbons (Fsp3) is 0.400. The molecular weight excluding hydrogens is 312 g/mol. The first kappa shape index (κ1) is 16.9. The number of carbonyl (C=O) groups excluding carboxylic acids is 1. The lowest BCUT2D eigenvalue weighted by Crippen LogP contribution is -2.23. The Kier molecular flexibility index (Phi) is 4.54. The van der Waals surface area contributed by atoms with E-state index in [1.54, 1.807) is 0 Å². The second kappa shape index (κ2) is 5.66. The lowest BCUT2D eigenvalue weighted by molar-refractivity contribution is -0.276. The molecule has 1 N–H and O–H groups in total. The van der Waals surface area contributed by atoms with Crippen LogP contribution in [-0.4, -0.2) is 29.0 Å². The van der Waals surface area contributed by atoms with Gasteiger partial charge in [-0.25, -0.2) is 9.78 Å². The number of hydrogen-bond acceptors (Lipinski definition) is 5. The third-order valence-corrected chi connectivity index (χ3v) is 2.00. The van der Waals surface area contributed by atoms with Crippen LogP contribution in [-0.2, 0) is 10.9 Å². The summed E-state index contributed by atoms with van der Waals surface area (Å²) in [7, 11) is 0. The summed E-state index contributed by atoms with van der Waals surface area (Å²) >= 11 is 0. The number of nitrogens with zero attached hydrogens (tertiary/aromatic N) is 1. The van der Waals surface area contributed by atoms with Crippen LogP contribution in [0.3, 0.4) is 0 Å². The Bertz CT molecular complexity index is 540. The number of alkyl halides is 6. The number of rotatable bonds is 3. The average Bonchev–Trinajstić information content (AvgIpc) is 2.27. The molecule has 1 aromatic rings. The van der Waals surface area contributed by atoms with E-state index in [0.29, 0.717) is 0 Å². The molecular formula is C10H7F6NO4. The van der Waals surface area contributed by atoms with Gasteiger partial charge in [0, 0.05) is 0 Å². The number of ether oxygens (including phenoxy) is 2. The van der Waals surface area contributed by atoms with Crippen molar-refractivity contribution < 1.29 is 45.7 Å². The third kappa shape index (κ3) is 4.13. The van der Waals surface area contributed by atoms with Gasteiger partial charge in [0.1, 0.15) is 16.9 Å². The SMILES string of the molecule is CCOC(=O)c1c(OC(F)(F)F)ncc(O)c1C(F)(F)F. The Morgan fingerprint density at radius 3 is 2.29 bits per heavy atom. The van der Waals surface area contributed by atoms with Gasteiger partial charge in [0.15, 0.2) is 0 Å². The maximum atomic E-state index is 12.8. The molecule has 0 bridgehead atoms. The summed E-state index contributed by atoms with van der Waals surface area (Å²) in [6.07, 6.45) is -10.6. The van der Waals surface area contributed by atoms with E-state index in [4.69, 9.17) is 5.11 Å². The molecule has 0 aliphatic rings. The predicted octanol–water partition coefficient (Wildman–Crippen LogP) is 2.88. The monoisotopic (exact) mass is 319 g/mol. The first-order valence-electron chi connectivity index (χ1n) is 5.19. The number of hydrogen-bond donors (Lipinski definition) is 1. The van der Waals surface area contributed by atoms with E-state index in [1.165, 1.54) is 6.92 Å². The van der Waals surface area contributed by atoms with Crippen LogP contribution < -0.4 is 4.74 Å². The van der Waals surface area contributed by atoms with Crippen molar-refractivity contribution >= 4 is 5.97 Å². The van der Waals surface area contributed by atoms with Gasteiger partial charge in [-0.1, -0.05) is 0 Å². The summed E-state index contributed by atoms with van der Waals surface area (Å²) in [6.45, 7) is 0.822. The molecule has 1 rings (SSSR count). The number of carbonyl (C=O) groups is 1. The summed E-state index contributed by atoms with van der Waals surface area (Å²) in [5.74, 6) is -4.95. The van der Waals surface area contributed by atoms with Crippen molar-refractivity contribution in [3.8, 4) is 11.6 Å². The van der Waals surface area contributed by atoms with Crippen molar-refractivity contribution in [2.45, 2.75) is 19.5 Å². The summed E-state index contributed by atoms with van der Waals surface area (Å²) in [6, 6.07) is 0. The minimum absolute atomic E-state index is 0.0899. The minimum atomic E-state index is -5.38. The van der Waals surface area contributed by atoms with Gasteiger partial charge < -0.3 is 14.6 Å². The molecule has 1 heterocycles. The van der Waals surface area contributed by atoms with Crippen LogP contribution in [0.5, 0.6) is 11.6 Å². The van der Waals surface area contributed by atoms with Gasteiger partial charge in [0.05, 0.1) is 12.8 Å². The van der Waals surface area contributed by atoms with E-state index in [2.05, 4.69) is 14.5 Å². The van der Waals surface area contributed by atoms with Crippen molar-refractivity contribution in [1.29, 1.82) is 0 Å². The molecule has 0 spiro atoms. The molecule has 0 amide bonds. The Morgan fingerprint density at radius 2 is 1.86 bits per heavy atom. The van der Waals surface area contributed by atoms with Gasteiger partial charge in [-0.3, -0.25) is 0 Å². The van der Waals surface area contributed by atoms with Crippen molar-refractivity contribution in [3.05, 3.63) is 17.3 Å². The van der Waals surface area contributed by atoms with Crippen molar-refractivity contribution in [2.75, 3.05) is 6.61 Å². The molecule has 0 radical (unpaired) electrons. The Balaban J connectivity index is 3.55. The van der Waals surface area contributed by atoms with Crippen molar-refractivity contribution in [3.63, 3.8) is 0 Å². The van der Waals surface area contributed by atoms with Gasteiger partial charge >= 0.3 is 18.5 Å². The zero-order chi connectivity index (χ0) is 16.4. The highest BCUT2D eigenvalue weighted by atomic mass is 19.4. The van der Waals surface area contributed by atoms with E-state index < -0.39 is 47.9 Å². The van der Waals surface area contributed by atoms with Gasteiger partial charge in [-0.2, -0.15) is 13.2 Å². The molecule has 0 aliphatic carbocycles. The minimum Gasteiger partial charge on any atom is -0.506 e. The molecule has 0 aliphatic heterocycles. The highest BCUT2D eigenvalue weighted by Crippen LogP contribution is 2.41. The molecule has 0 saturated heterocycles. The number of aromatic nitrogens is 1. The van der Waals surface area contributed by atoms with Gasteiger partial charge in [0.25, 0.3) is 0 Å². The quantitative estimate of drug-likeness (QED) is 0.685. The summed E-state index contributed by atoms with van der Waals surface area (Å²) < 4.78 is 82.3. The molecule has 0 aromatic carbocycles.